The van der Waals surface area contributed by atoms with Crippen LogP contribution in [0.15, 0.2) is 18.2 Å². The van der Waals surface area contributed by atoms with Gasteiger partial charge in [0, 0.05) is 17.8 Å². The fourth-order valence-corrected chi connectivity index (χ4v) is 1.85. The highest BCUT2D eigenvalue weighted by atomic mass is 16.5. The molecule has 0 bridgehead atoms. The molecule has 3 nitrogen and oxygen atoms in total. The SMILES string of the molecule is CCCCCOc1ccc(NC(C)C)cc1OCC. The van der Waals surface area contributed by atoms with Gasteiger partial charge in [-0.2, -0.15) is 0 Å². The Morgan fingerprint density at radius 2 is 1.84 bits per heavy atom. The van der Waals surface area contributed by atoms with E-state index in [0.717, 1.165) is 30.2 Å². The highest BCUT2D eigenvalue weighted by Crippen LogP contribution is 2.31. The highest BCUT2D eigenvalue weighted by Gasteiger charge is 2.07. The molecule has 1 aromatic rings. The van der Waals surface area contributed by atoms with E-state index >= 15 is 0 Å². The molecule has 1 N–H and O–H groups in total. The van der Waals surface area contributed by atoms with Crippen LogP contribution >= 0.6 is 0 Å². The van der Waals surface area contributed by atoms with Crippen LogP contribution in [0.4, 0.5) is 5.69 Å². The number of hydrogen-bond acceptors (Lipinski definition) is 3. The monoisotopic (exact) mass is 265 g/mol. The second kappa shape index (κ2) is 8.68. The standard InChI is InChI=1S/C16H27NO2/c1-5-7-8-11-19-15-10-9-14(17-13(3)4)12-16(15)18-6-2/h9-10,12-13,17H,5-8,11H2,1-4H3. The van der Waals surface area contributed by atoms with Crippen LogP contribution in [0.2, 0.25) is 0 Å². The average molecular weight is 265 g/mol. The van der Waals surface area contributed by atoms with Crippen LogP contribution in [0.5, 0.6) is 11.5 Å². The Bertz CT molecular complexity index is 364. The van der Waals surface area contributed by atoms with Crippen molar-refractivity contribution >= 4 is 5.69 Å². The van der Waals surface area contributed by atoms with Gasteiger partial charge in [0.1, 0.15) is 0 Å². The zero-order chi connectivity index (χ0) is 14.1. The number of rotatable bonds is 9. The Hall–Kier alpha value is -1.38. The fourth-order valence-electron chi connectivity index (χ4n) is 1.85. The molecule has 0 amide bonds. The molecule has 0 unspecified atom stereocenters. The van der Waals surface area contributed by atoms with Gasteiger partial charge in [-0.1, -0.05) is 19.8 Å². The highest BCUT2D eigenvalue weighted by molar-refractivity contribution is 5.55. The first-order chi connectivity index (χ1) is 9.17. The van der Waals surface area contributed by atoms with Gasteiger partial charge in [-0.05, 0) is 39.3 Å². The number of nitrogens with one attached hydrogen (secondary N) is 1. The van der Waals surface area contributed by atoms with Crippen molar-refractivity contribution in [2.75, 3.05) is 18.5 Å². The Kier molecular flexibility index (Phi) is 7.16. The molecule has 0 spiro atoms. The maximum atomic E-state index is 5.80. The fraction of sp³-hybridized carbons (Fsp3) is 0.625. The van der Waals surface area contributed by atoms with Gasteiger partial charge < -0.3 is 14.8 Å². The molecule has 0 aliphatic heterocycles. The molecule has 0 heterocycles. The van der Waals surface area contributed by atoms with Crippen molar-refractivity contribution in [1.29, 1.82) is 0 Å². The maximum absolute atomic E-state index is 5.80. The van der Waals surface area contributed by atoms with Gasteiger partial charge in [-0.3, -0.25) is 0 Å². The number of ether oxygens (including phenoxy) is 2. The first-order valence-corrected chi connectivity index (χ1v) is 7.33. The summed E-state index contributed by atoms with van der Waals surface area (Å²) >= 11 is 0. The molecule has 1 aromatic carbocycles. The quantitative estimate of drug-likeness (QED) is 0.668. The van der Waals surface area contributed by atoms with Gasteiger partial charge in [-0.15, -0.1) is 0 Å². The van der Waals surface area contributed by atoms with Crippen molar-refractivity contribution in [2.24, 2.45) is 0 Å². The minimum absolute atomic E-state index is 0.408. The third-order valence-electron chi connectivity index (χ3n) is 2.70. The Balaban J connectivity index is 2.67. The van der Waals surface area contributed by atoms with Crippen molar-refractivity contribution in [3.8, 4) is 11.5 Å². The number of hydrogen-bond donors (Lipinski definition) is 1. The zero-order valence-corrected chi connectivity index (χ0v) is 12.7. The van der Waals surface area contributed by atoms with Crippen LogP contribution < -0.4 is 14.8 Å². The largest absolute Gasteiger partial charge is 0.490 e. The van der Waals surface area contributed by atoms with Crippen LogP contribution in [-0.2, 0) is 0 Å². The van der Waals surface area contributed by atoms with Gasteiger partial charge in [0.2, 0.25) is 0 Å². The average Bonchev–Trinajstić information content (AvgIpc) is 2.36. The smallest absolute Gasteiger partial charge is 0.163 e. The van der Waals surface area contributed by atoms with Crippen LogP contribution in [0.3, 0.4) is 0 Å². The lowest BCUT2D eigenvalue weighted by Gasteiger charge is -2.15. The normalized spacial score (nSPS) is 10.6. The maximum Gasteiger partial charge on any atom is 0.163 e. The molecule has 19 heavy (non-hydrogen) atoms. The number of anilines is 1. The van der Waals surface area contributed by atoms with Crippen molar-refractivity contribution in [2.45, 2.75) is 53.0 Å². The van der Waals surface area contributed by atoms with E-state index in [0.29, 0.717) is 12.6 Å². The minimum atomic E-state index is 0.408. The second-order valence-corrected chi connectivity index (χ2v) is 4.95. The summed E-state index contributed by atoms with van der Waals surface area (Å²) in [5.74, 6) is 1.66. The topological polar surface area (TPSA) is 30.5 Å². The summed E-state index contributed by atoms with van der Waals surface area (Å²) in [6.45, 7) is 9.83. The molecule has 0 atom stereocenters. The van der Waals surface area contributed by atoms with Gasteiger partial charge >= 0.3 is 0 Å². The van der Waals surface area contributed by atoms with Crippen LogP contribution in [0, 0.1) is 0 Å². The van der Waals surface area contributed by atoms with Crippen molar-refractivity contribution in [3.63, 3.8) is 0 Å². The first-order valence-electron chi connectivity index (χ1n) is 7.33. The van der Waals surface area contributed by atoms with E-state index in [1.54, 1.807) is 0 Å². The van der Waals surface area contributed by atoms with Crippen LogP contribution in [-0.4, -0.2) is 19.3 Å². The van der Waals surface area contributed by atoms with E-state index in [2.05, 4.69) is 26.1 Å². The zero-order valence-electron chi connectivity index (χ0n) is 12.7. The molecule has 0 fully saturated rings. The molecule has 0 saturated heterocycles. The molecule has 108 valence electrons. The number of benzene rings is 1. The van der Waals surface area contributed by atoms with Crippen molar-refractivity contribution < 1.29 is 9.47 Å². The van der Waals surface area contributed by atoms with Crippen molar-refractivity contribution in [1.82, 2.24) is 0 Å². The Morgan fingerprint density at radius 3 is 2.47 bits per heavy atom. The molecule has 0 aliphatic carbocycles. The summed E-state index contributed by atoms with van der Waals surface area (Å²) in [7, 11) is 0. The summed E-state index contributed by atoms with van der Waals surface area (Å²) in [5, 5.41) is 3.37. The second-order valence-electron chi connectivity index (χ2n) is 4.95. The summed E-state index contributed by atoms with van der Waals surface area (Å²) in [5.41, 5.74) is 1.07. The van der Waals surface area contributed by atoms with E-state index in [9.17, 15) is 0 Å². The lowest BCUT2D eigenvalue weighted by atomic mass is 10.2. The lowest BCUT2D eigenvalue weighted by molar-refractivity contribution is 0.271. The van der Waals surface area contributed by atoms with Crippen LogP contribution in [0.25, 0.3) is 0 Å². The van der Waals surface area contributed by atoms with Gasteiger partial charge in [0.15, 0.2) is 11.5 Å². The van der Waals surface area contributed by atoms with E-state index in [1.165, 1.54) is 12.8 Å². The predicted molar refractivity (Wildman–Crippen MR) is 81.4 cm³/mol. The molecule has 0 aliphatic rings. The third-order valence-corrected chi connectivity index (χ3v) is 2.70. The van der Waals surface area contributed by atoms with E-state index in [-0.39, 0.29) is 0 Å². The molecule has 0 saturated carbocycles. The van der Waals surface area contributed by atoms with E-state index < -0.39 is 0 Å². The van der Waals surface area contributed by atoms with Gasteiger partial charge in [0.05, 0.1) is 13.2 Å². The number of unbranched alkanes of at least 4 members (excludes halogenated alkanes) is 2. The Labute approximate surface area is 117 Å². The third kappa shape index (κ3) is 5.86. The first kappa shape index (κ1) is 15.7. The minimum Gasteiger partial charge on any atom is -0.490 e. The molecule has 0 radical (unpaired) electrons. The van der Waals surface area contributed by atoms with E-state index in [4.69, 9.17) is 9.47 Å². The summed E-state index contributed by atoms with van der Waals surface area (Å²) < 4.78 is 11.5. The van der Waals surface area contributed by atoms with Gasteiger partial charge in [-0.25, -0.2) is 0 Å². The Morgan fingerprint density at radius 1 is 1.05 bits per heavy atom. The summed E-state index contributed by atoms with van der Waals surface area (Å²) in [6.07, 6.45) is 3.50. The lowest BCUT2D eigenvalue weighted by Crippen LogP contribution is -2.10. The van der Waals surface area contributed by atoms with Crippen LogP contribution in [0.1, 0.15) is 47.0 Å². The summed E-state index contributed by atoms with van der Waals surface area (Å²) in [6, 6.07) is 6.45. The van der Waals surface area contributed by atoms with Gasteiger partial charge in [0.25, 0.3) is 0 Å². The predicted octanol–water partition coefficient (Wildman–Crippen LogP) is 4.47. The molecule has 1 rings (SSSR count). The van der Waals surface area contributed by atoms with Crippen molar-refractivity contribution in [3.05, 3.63) is 18.2 Å². The molecular formula is C16H27NO2. The molecule has 0 aromatic heterocycles. The molecule has 3 heteroatoms. The molecular weight excluding hydrogens is 238 g/mol. The summed E-state index contributed by atoms with van der Waals surface area (Å²) in [4.78, 5) is 0. The van der Waals surface area contributed by atoms with E-state index in [1.807, 2.05) is 25.1 Å².